The summed E-state index contributed by atoms with van der Waals surface area (Å²) in [5.74, 6) is 0.729. The number of urea groups is 1. The van der Waals surface area contributed by atoms with Gasteiger partial charge in [0.05, 0.1) is 11.8 Å². The fourth-order valence-electron chi connectivity index (χ4n) is 3.40. The van der Waals surface area contributed by atoms with E-state index in [1.165, 1.54) is 12.8 Å². The number of nitrogens with one attached hydrogen (secondary N) is 2. The van der Waals surface area contributed by atoms with Crippen LogP contribution in [0.15, 0.2) is 30.6 Å². The molecule has 2 aromatic heterocycles. The fourth-order valence-corrected chi connectivity index (χ4v) is 3.40. The number of hydrogen-bond acceptors (Lipinski definition) is 3. The van der Waals surface area contributed by atoms with Crippen molar-refractivity contribution in [1.82, 2.24) is 20.0 Å². The molecular formula is C18H24N4O2. The number of aromatic nitrogens is 2. The van der Waals surface area contributed by atoms with Gasteiger partial charge in [0.2, 0.25) is 0 Å². The van der Waals surface area contributed by atoms with E-state index in [9.17, 15) is 4.79 Å². The monoisotopic (exact) mass is 328 g/mol. The average molecular weight is 328 g/mol. The minimum absolute atomic E-state index is 0.0831. The number of carbonyl (C=O) groups excluding carboxylic acids is 1. The number of nitrogens with zero attached hydrogens (tertiary/aromatic N) is 2. The van der Waals surface area contributed by atoms with Crippen LogP contribution in [0.2, 0.25) is 0 Å². The molecule has 2 aromatic rings. The Balaban J connectivity index is 1.21. The number of rotatable bonds is 5. The van der Waals surface area contributed by atoms with Crippen LogP contribution in [0.1, 0.15) is 31.4 Å². The summed E-state index contributed by atoms with van der Waals surface area (Å²) in [6, 6.07) is 6.08. The van der Waals surface area contributed by atoms with Crippen molar-refractivity contribution in [3.63, 3.8) is 0 Å². The molecular weight excluding hydrogens is 304 g/mol. The van der Waals surface area contributed by atoms with E-state index in [2.05, 4.69) is 15.6 Å². The number of carbonyl (C=O) groups is 1. The molecule has 2 fully saturated rings. The fraction of sp³-hybridized carbons (Fsp3) is 0.556. The van der Waals surface area contributed by atoms with Crippen molar-refractivity contribution in [2.75, 3.05) is 13.2 Å². The molecule has 2 aliphatic rings. The third kappa shape index (κ3) is 3.70. The molecule has 2 atom stereocenters. The van der Waals surface area contributed by atoms with E-state index < -0.39 is 0 Å². The van der Waals surface area contributed by atoms with Gasteiger partial charge in [0.1, 0.15) is 5.65 Å². The van der Waals surface area contributed by atoms with Gasteiger partial charge in [-0.05, 0) is 43.7 Å². The van der Waals surface area contributed by atoms with Gasteiger partial charge in [0.25, 0.3) is 0 Å². The molecule has 6 nitrogen and oxygen atoms in total. The summed E-state index contributed by atoms with van der Waals surface area (Å²) >= 11 is 0. The molecule has 0 unspecified atom stereocenters. The third-order valence-electron chi connectivity index (χ3n) is 4.88. The Morgan fingerprint density at radius 1 is 1.33 bits per heavy atom. The molecule has 1 aliphatic heterocycles. The molecule has 128 valence electrons. The van der Waals surface area contributed by atoms with Crippen LogP contribution in [-0.4, -0.2) is 40.7 Å². The highest BCUT2D eigenvalue weighted by Crippen LogP contribution is 2.38. The number of imidazole rings is 1. The number of fused-ring (bicyclic) bond motifs is 1. The standard InChI is InChI=1S/C18H24N4O2/c23-18(21-14-7-10-24-16(11-14)13-4-5-13)19-8-6-15-12-22-9-2-1-3-17(22)20-15/h1-3,9,12-14,16H,4-8,10-11H2,(H2,19,21,23)/t14-,16+/m1/s1. The highest BCUT2D eigenvalue weighted by atomic mass is 16.5. The van der Waals surface area contributed by atoms with Crippen LogP contribution in [-0.2, 0) is 11.2 Å². The molecule has 2 amide bonds. The van der Waals surface area contributed by atoms with E-state index in [1.54, 1.807) is 0 Å². The van der Waals surface area contributed by atoms with E-state index in [0.717, 1.165) is 43.1 Å². The molecule has 0 bridgehead atoms. The highest BCUT2D eigenvalue weighted by molar-refractivity contribution is 5.74. The molecule has 24 heavy (non-hydrogen) atoms. The van der Waals surface area contributed by atoms with E-state index in [-0.39, 0.29) is 12.1 Å². The van der Waals surface area contributed by atoms with E-state index in [0.29, 0.717) is 12.6 Å². The third-order valence-corrected chi connectivity index (χ3v) is 4.88. The maximum atomic E-state index is 12.1. The topological polar surface area (TPSA) is 67.7 Å². The summed E-state index contributed by atoms with van der Waals surface area (Å²) in [4.78, 5) is 16.6. The van der Waals surface area contributed by atoms with Gasteiger partial charge >= 0.3 is 6.03 Å². The second kappa shape index (κ2) is 6.81. The maximum Gasteiger partial charge on any atom is 0.315 e. The van der Waals surface area contributed by atoms with Crippen molar-refractivity contribution in [2.24, 2.45) is 5.92 Å². The number of amides is 2. The summed E-state index contributed by atoms with van der Waals surface area (Å²) in [5, 5.41) is 6.03. The summed E-state index contributed by atoms with van der Waals surface area (Å²) < 4.78 is 7.79. The zero-order valence-corrected chi connectivity index (χ0v) is 13.8. The van der Waals surface area contributed by atoms with Crippen molar-refractivity contribution >= 4 is 11.7 Å². The maximum absolute atomic E-state index is 12.1. The first-order valence-electron chi connectivity index (χ1n) is 8.86. The largest absolute Gasteiger partial charge is 0.378 e. The molecule has 0 aromatic carbocycles. The van der Waals surface area contributed by atoms with Gasteiger partial charge in [-0.3, -0.25) is 0 Å². The molecule has 1 saturated heterocycles. The van der Waals surface area contributed by atoms with E-state index in [4.69, 9.17) is 4.74 Å². The zero-order chi connectivity index (χ0) is 16.4. The van der Waals surface area contributed by atoms with Crippen LogP contribution in [0.25, 0.3) is 5.65 Å². The molecule has 2 N–H and O–H groups in total. The lowest BCUT2D eigenvalue weighted by Gasteiger charge is -2.30. The van der Waals surface area contributed by atoms with Crippen LogP contribution in [0.3, 0.4) is 0 Å². The van der Waals surface area contributed by atoms with Crippen LogP contribution in [0.4, 0.5) is 4.79 Å². The van der Waals surface area contributed by atoms with E-state index in [1.807, 2.05) is 35.0 Å². The predicted octanol–water partition coefficient (Wildman–Crippen LogP) is 2.13. The van der Waals surface area contributed by atoms with Crippen LogP contribution >= 0.6 is 0 Å². The van der Waals surface area contributed by atoms with Crippen LogP contribution in [0.5, 0.6) is 0 Å². The molecule has 0 spiro atoms. The Bertz CT molecular complexity index is 677. The number of pyridine rings is 1. The molecule has 3 heterocycles. The lowest BCUT2D eigenvalue weighted by molar-refractivity contribution is -0.00913. The number of hydrogen-bond donors (Lipinski definition) is 2. The van der Waals surface area contributed by atoms with Crippen molar-refractivity contribution in [2.45, 2.75) is 44.2 Å². The molecule has 4 rings (SSSR count). The molecule has 1 saturated carbocycles. The summed E-state index contributed by atoms with van der Waals surface area (Å²) in [7, 11) is 0. The smallest absolute Gasteiger partial charge is 0.315 e. The normalized spacial score (nSPS) is 24.0. The molecule has 6 heteroatoms. The first-order valence-corrected chi connectivity index (χ1v) is 8.86. The first-order chi connectivity index (χ1) is 11.8. The Labute approximate surface area is 141 Å². The zero-order valence-electron chi connectivity index (χ0n) is 13.8. The van der Waals surface area contributed by atoms with Crippen molar-refractivity contribution in [3.05, 3.63) is 36.3 Å². The van der Waals surface area contributed by atoms with Crippen molar-refractivity contribution < 1.29 is 9.53 Å². The van der Waals surface area contributed by atoms with Gasteiger partial charge in [0, 0.05) is 38.0 Å². The molecule has 1 aliphatic carbocycles. The highest BCUT2D eigenvalue weighted by Gasteiger charge is 2.36. The second-order valence-corrected chi connectivity index (χ2v) is 6.82. The lowest BCUT2D eigenvalue weighted by Crippen LogP contribution is -2.47. The van der Waals surface area contributed by atoms with E-state index >= 15 is 0 Å². The minimum atomic E-state index is -0.0831. The van der Waals surface area contributed by atoms with Gasteiger partial charge in [0.15, 0.2) is 0 Å². The lowest BCUT2D eigenvalue weighted by atomic mass is 10.0. The van der Waals surface area contributed by atoms with Crippen LogP contribution < -0.4 is 10.6 Å². The quantitative estimate of drug-likeness (QED) is 0.883. The minimum Gasteiger partial charge on any atom is -0.378 e. The van der Waals surface area contributed by atoms with Gasteiger partial charge < -0.3 is 19.8 Å². The summed E-state index contributed by atoms with van der Waals surface area (Å²) in [5.41, 5.74) is 1.92. The van der Waals surface area contributed by atoms with Crippen molar-refractivity contribution in [3.8, 4) is 0 Å². The summed E-state index contributed by atoms with van der Waals surface area (Å²) in [6.07, 6.45) is 9.48. The second-order valence-electron chi connectivity index (χ2n) is 6.82. The summed E-state index contributed by atoms with van der Waals surface area (Å²) in [6.45, 7) is 1.35. The van der Waals surface area contributed by atoms with Gasteiger partial charge in [-0.25, -0.2) is 9.78 Å². The van der Waals surface area contributed by atoms with Crippen LogP contribution in [0, 0.1) is 5.92 Å². The SMILES string of the molecule is O=C(NCCc1cn2ccccc2n1)N[C@@H]1CCO[C@H](C2CC2)C1. The Kier molecular flexibility index (Phi) is 4.38. The number of ether oxygens (including phenoxy) is 1. The first kappa shape index (κ1) is 15.4. The van der Waals surface area contributed by atoms with Gasteiger partial charge in [-0.15, -0.1) is 0 Å². The molecule has 0 radical (unpaired) electrons. The Morgan fingerprint density at radius 3 is 3.08 bits per heavy atom. The van der Waals surface area contributed by atoms with Crippen molar-refractivity contribution in [1.29, 1.82) is 0 Å². The van der Waals surface area contributed by atoms with Gasteiger partial charge in [-0.1, -0.05) is 6.07 Å². The Morgan fingerprint density at radius 2 is 2.25 bits per heavy atom. The predicted molar refractivity (Wildman–Crippen MR) is 90.9 cm³/mol. The Hall–Kier alpha value is -2.08. The average Bonchev–Trinajstić information content (AvgIpc) is 3.35. The van der Waals surface area contributed by atoms with Gasteiger partial charge in [-0.2, -0.15) is 0 Å².